The average molecular weight is 490 g/mol. The van der Waals surface area contributed by atoms with Gasteiger partial charge in [0.2, 0.25) is 5.96 Å². The number of rotatable bonds is 8. The molecule has 4 rings (SSSR count). The Balaban J connectivity index is 1.35. The number of ether oxygens (including phenoxy) is 2. The molecule has 2 aromatic carbocycles. The molecule has 2 heterocycles. The van der Waals surface area contributed by atoms with Crippen LogP contribution in [-0.2, 0) is 11.3 Å². The van der Waals surface area contributed by atoms with Crippen molar-refractivity contribution in [2.45, 2.75) is 25.5 Å². The maximum absolute atomic E-state index is 12.6. The van der Waals surface area contributed by atoms with Crippen molar-refractivity contribution in [3.05, 3.63) is 60.6 Å². The number of guanidine groups is 1. The molecule has 0 unspecified atom stereocenters. The molecule has 36 heavy (non-hydrogen) atoms. The van der Waals surface area contributed by atoms with E-state index in [0.29, 0.717) is 41.9 Å². The minimum Gasteiger partial charge on any atom is -0.496 e. The van der Waals surface area contributed by atoms with Gasteiger partial charge in [0.15, 0.2) is 18.3 Å². The Hall–Kier alpha value is -4.56. The zero-order chi connectivity index (χ0) is 25.2. The number of nitrogens with zero attached hydrogens (tertiary/aromatic N) is 3. The zero-order valence-corrected chi connectivity index (χ0v) is 19.8. The van der Waals surface area contributed by atoms with Crippen molar-refractivity contribution in [3.63, 3.8) is 0 Å². The van der Waals surface area contributed by atoms with Crippen LogP contribution in [0.15, 0.2) is 64.5 Å². The number of benzene rings is 2. The van der Waals surface area contributed by atoms with Gasteiger partial charge in [0.05, 0.1) is 31.5 Å². The van der Waals surface area contributed by atoms with Crippen molar-refractivity contribution in [2.24, 2.45) is 4.99 Å². The monoisotopic (exact) mass is 489 g/mol. The Morgan fingerprint density at radius 3 is 2.83 bits per heavy atom. The molecule has 11 heteroatoms. The van der Waals surface area contributed by atoms with Crippen molar-refractivity contribution in [2.75, 3.05) is 30.9 Å². The second-order valence-corrected chi connectivity index (χ2v) is 7.98. The molecule has 1 atom stereocenters. The predicted molar refractivity (Wildman–Crippen MR) is 134 cm³/mol. The Bertz CT molecular complexity index is 1230. The van der Waals surface area contributed by atoms with E-state index < -0.39 is 6.03 Å². The number of methoxy groups -OCH3 is 1. The molecule has 0 radical (unpaired) electrons. The highest BCUT2D eigenvalue weighted by Crippen LogP contribution is 2.32. The number of nitrogens with one attached hydrogen (secondary N) is 4. The van der Waals surface area contributed by atoms with Gasteiger partial charge in [-0.05, 0) is 42.7 Å². The number of aliphatic imine (C=N–C) groups is 1. The fourth-order valence-corrected chi connectivity index (χ4v) is 3.74. The fourth-order valence-electron chi connectivity index (χ4n) is 3.74. The third-order valence-corrected chi connectivity index (χ3v) is 5.46. The van der Waals surface area contributed by atoms with Crippen LogP contribution < -0.4 is 26.0 Å². The van der Waals surface area contributed by atoms with E-state index in [1.54, 1.807) is 37.6 Å². The number of hydrogen-bond donors (Lipinski definition) is 4. The molecule has 0 aliphatic carbocycles. The molecule has 0 bridgehead atoms. The molecule has 4 N–H and O–H groups in total. The van der Waals surface area contributed by atoms with Crippen molar-refractivity contribution in [1.82, 2.24) is 15.6 Å². The second-order valence-electron chi connectivity index (χ2n) is 7.98. The van der Waals surface area contributed by atoms with Crippen LogP contribution in [0.25, 0.3) is 11.3 Å². The highest BCUT2D eigenvalue weighted by atomic mass is 16.5. The first-order chi connectivity index (χ1) is 17.6. The number of aromatic nitrogens is 1. The summed E-state index contributed by atoms with van der Waals surface area (Å²) in [6.45, 7) is 1.67. The summed E-state index contributed by atoms with van der Waals surface area (Å²) in [6.07, 6.45) is 6.98. The van der Waals surface area contributed by atoms with Gasteiger partial charge in [0, 0.05) is 30.6 Å². The van der Waals surface area contributed by atoms with E-state index in [1.807, 2.05) is 24.4 Å². The van der Waals surface area contributed by atoms with Crippen LogP contribution in [0, 0.1) is 11.5 Å². The van der Waals surface area contributed by atoms with Crippen LogP contribution in [0.4, 0.5) is 16.2 Å². The van der Waals surface area contributed by atoms with Crippen LogP contribution in [0.1, 0.15) is 18.4 Å². The van der Waals surface area contributed by atoms with Crippen LogP contribution in [-0.4, -0.2) is 43.3 Å². The van der Waals surface area contributed by atoms with E-state index in [-0.39, 0.29) is 6.10 Å². The molecule has 1 saturated heterocycles. The summed E-state index contributed by atoms with van der Waals surface area (Å²) in [7, 11) is 1.54. The lowest BCUT2D eigenvalue weighted by atomic mass is 10.1. The fraction of sp³-hybridized carbons (Fsp3) is 0.280. The third kappa shape index (κ3) is 6.74. The minimum absolute atomic E-state index is 0.125. The molecule has 0 spiro atoms. The minimum atomic E-state index is -0.407. The van der Waals surface area contributed by atoms with E-state index in [1.165, 1.54) is 6.39 Å². The Morgan fingerprint density at radius 1 is 1.25 bits per heavy atom. The lowest BCUT2D eigenvalue weighted by Gasteiger charge is -2.13. The van der Waals surface area contributed by atoms with Gasteiger partial charge in [-0.25, -0.2) is 14.8 Å². The number of anilines is 2. The van der Waals surface area contributed by atoms with Gasteiger partial charge in [-0.2, -0.15) is 5.26 Å². The average Bonchev–Trinajstić information content (AvgIpc) is 3.60. The summed E-state index contributed by atoms with van der Waals surface area (Å²) in [6, 6.07) is 12.2. The van der Waals surface area contributed by atoms with Crippen LogP contribution in [0.5, 0.6) is 5.75 Å². The van der Waals surface area contributed by atoms with Gasteiger partial charge in [-0.3, -0.25) is 5.32 Å². The van der Waals surface area contributed by atoms with Gasteiger partial charge in [0.1, 0.15) is 5.75 Å². The van der Waals surface area contributed by atoms with E-state index >= 15 is 0 Å². The number of nitriles is 1. The molecular formula is C25H27N7O4. The number of amides is 2. The van der Waals surface area contributed by atoms with Gasteiger partial charge in [0.25, 0.3) is 0 Å². The van der Waals surface area contributed by atoms with Crippen LogP contribution >= 0.6 is 0 Å². The normalized spacial score (nSPS) is 15.1. The maximum atomic E-state index is 12.6. The molecule has 3 aromatic rings. The molecule has 2 amide bonds. The van der Waals surface area contributed by atoms with Gasteiger partial charge >= 0.3 is 6.03 Å². The van der Waals surface area contributed by atoms with Gasteiger partial charge in [-0.15, -0.1) is 0 Å². The Kier molecular flexibility index (Phi) is 8.35. The molecule has 0 saturated carbocycles. The summed E-state index contributed by atoms with van der Waals surface area (Å²) < 4.78 is 16.3. The highest BCUT2D eigenvalue weighted by molar-refractivity contribution is 6.00. The highest BCUT2D eigenvalue weighted by Gasteiger charge is 2.15. The summed E-state index contributed by atoms with van der Waals surface area (Å²) in [4.78, 5) is 20.9. The van der Waals surface area contributed by atoms with Crippen LogP contribution in [0.3, 0.4) is 0 Å². The molecule has 1 fully saturated rings. The topological polar surface area (TPSA) is 146 Å². The number of oxazole rings is 1. The largest absolute Gasteiger partial charge is 0.496 e. The maximum Gasteiger partial charge on any atom is 0.323 e. The summed E-state index contributed by atoms with van der Waals surface area (Å²) in [5, 5.41) is 20.3. The smallest absolute Gasteiger partial charge is 0.323 e. The summed E-state index contributed by atoms with van der Waals surface area (Å²) in [5.41, 5.74) is 2.75. The first-order valence-electron chi connectivity index (χ1n) is 11.4. The number of hydrogen-bond acceptors (Lipinski definition) is 7. The standard InChI is InChI=1S/C25H27N7O4/c1-34-22-11-19(7-8-21(22)23-14-27-16-36-23)32-25(33)31-18-5-2-4-17(10-18)12-28-24(30-15-26)29-13-20-6-3-9-35-20/h2,4-5,7-8,10-11,14,16,20H,3,6,9,12-13H2,1H3,(H2,28,29,30)(H2,31,32,33)/t20-/m0/s1. The zero-order valence-electron chi connectivity index (χ0n) is 19.8. The van der Waals surface area contributed by atoms with E-state index in [9.17, 15) is 4.79 Å². The van der Waals surface area contributed by atoms with E-state index in [2.05, 4.69) is 31.2 Å². The van der Waals surface area contributed by atoms with Crippen molar-refractivity contribution >= 4 is 23.4 Å². The first-order valence-corrected chi connectivity index (χ1v) is 11.4. The van der Waals surface area contributed by atoms with Gasteiger partial charge < -0.3 is 29.8 Å². The van der Waals surface area contributed by atoms with Crippen molar-refractivity contribution in [1.29, 1.82) is 5.26 Å². The molecule has 11 nitrogen and oxygen atoms in total. The van der Waals surface area contributed by atoms with Gasteiger partial charge in [-0.1, -0.05) is 12.1 Å². The van der Waals surface area contributed by atoms with E-state index in [4.69, 9.17) is 19.2 Å². The quantitative estimate of drug-likeness (QED) is 0.162. The second kappa shape index (κ2) is 12.2. The number of urea groups is 1. The lowest BCUT2D eigenvalue weighted by Crippen LogP contribution is -2.39. The molecule has 1 aromatic heterocycles. The number of carbonyl (C=O) groups is 1. The molecule has 186 valence electrons. The SMILES string of the molecule is COc1cc(NC(=O)Nc2cccc(C/N=C(\NC#N)NC[C@@H]3CCCO3)c2)ccc1-c1cnco1. The molecule has 1 aliphatic heterocycles. The van der Waals surface area contributed by atoms with E-state index in [0.717, 1.165) is 30.6 Å². The van der Waals surface area contributed by atoms with Crippen LogP contribution in [0.2, 0.25) is 0 Å². The molecular weight excluding hydrogens is 462 g/mol. The predicted octanol–water partition coefficient (Wildman–Crippen LogP) is 3.69. The summed E-state index contributed by atoms with van der Waals surface area (Å²) in [5.74, 6) is 1.49. The third-order valence-electron chi connectivity index (χ3n) is 5.46. The first kappa shape index (κ1) is 24.6. The Morgan fingerprint density at radius 2 is 2.11 bits per heavy atom. The Labute approximate surface area is 208 Å². The molecule has 1 aliphatic rings. The van der Waals surface area contributed by atoms with Crippen molar-refractivity contribution < 1.29 is 18.7 Å². The lowest BCUT2D eigenvalue weighted by molar-refractivity contribution is 0.114. The van der Waals surface area contributed by atoms with Crippen molar-refractivity contribution in [3.8, 4) is 23.3 Å². The number of carbonyl (C=O) groups excluding carboxylic acids is 1. The summed E-state index contributed by atoms with van der Waals surface area (Å²) >= 11 is 0.